The highest BCUT2D eigenvalue weighted by Gasteiger charge is 2.21. The van der Waals surface area contributed by atoms with Gasteiger partial charge in [-0.05, 0) is 18.6 Å². The summed E-state index contributed by atoms with van der Waals surface area (Å²) in [5.74, 6) is -0.115. The molecule has 3 N–H and O–H groups in total. The zero-order valence-corrected chi connectivity index (χ0v) is 19.6. The molecular weight excluding hydrogens is 446 g/mol. The molecular formula is C23H24ClN5O2S. The van der Waals surface area contributed by atoms with Crippen LogP contribution in [0.5, 0.6) is 5.75 Å². The molecule has 0 bridgehead atoms. The molecule has 0 unspecified atom stereocenters. The van der Waals surface area contributed by atoms with E-state index in [-0.39, 0.29) is 6.10 Å². The van der Waals surface area contributed by atoms with Crippen LogP contribution in [0.4, 0.5) is 0 Å². The van der Waals surface area contributed by atoms with Gasteiger partial charge in [0.2, 0.25) is 0 Å². The van der Waals surface area contributed by atoms with Gasteiger partial charge in [0.25, 0.3) is 5.91 Å². The fourth-order valence-corrected chi connectivity index (χ4v) is 4.68. The number of amides is 1. The number of nitrogens with one attached hydrogen (secondary N) is 1. The molecule has 0 saturated heterocycles. The lowest BCUT2D eigenvalue weighted by atomic mass is 10.1. The van der Waals surface area contributed by atoms with Gasteiger partial charge in [0.15, 0.2) is 5.65 Å². The summed E-state index contributed by atoms with van der Waals surface area (Å²) in [5, 5.41) is 3.99. The number of hydrogen-bond donors (Lipinski definition) is 2. The Labute approximate surface area is 195 Å². The molecule has 4 aromatic rings. The van der Waals surface area contributed by atoms with Gasteiger partial charge in [-0.1, -0.05) is 37.6 Å². The van der Waals surface area contributed by atoms with E-state index in [4.69, 9.17) is 22.1 Å². The summed E-state index contributed by atoms with van der Waals surface area (Å²) in [6, 6.07) is 8.13. The van der Waals surface area contributed by atoms with Gasteiger partial charge in [-0.25, -0.2) is 4.98 Å². The van der Waals surface area contributed by atoms with Crippen molar-refractivity contribution in [2.24, 2.45) is 5.73 Å². The van der Waals surface area contributed by atoms with E-state index in [1.165, 1.54) is 11.3 Å². The third kappa shape index (κ3) is 4.62. The van der Waals surface area contributed by atoms with Crippen LogP contribution in [0.25, 0.3) is 16.2 Å². The van der Waals surface area contributed by atoms with Crippen molar-refractivity contribution in [2.45, 2.75) is 39.5 Å². The second kappa shape index (κ2) is 9.28. The molecule has 3 aromatic heterocycles. The molecule has 0 saturated carbocycles. The molecule has 32 heavy (non-hydrogen) atoms. The minimum atomic E-state index is -0.542. The monoisotopic (exact) mass is 469 g/mol. The molecule has 9 heteroatoms. The summed E-state index contributed by atoms with van der Waals surface area (Å²) in [7, 11) is 0. The van der Waals surface area contributed by atoms with E-state index in [1.807, 2.05) is 41.8 Å². The first-order valence-electron chi connectivity index (χ1n) is 10.2. The number of aromatic nitrogens is 3. The predicted molar refractivity (Wildman–Crippen MR) is 127 cm³/mol. The van der Waals surface area contributed by atoms with Gasteiger partial charge in [0.1, 0.15) is 16.7 Å². The van der Waals surface area contributed by atoms with Crippen molar-refractivity contribution in [3.63, 3.8) is 0 Å². The number of nitrogens with zero attached hydrogens (tertiary/aromatic N) is 3. The molecule has 7 nitrogen and oxygen atoms in total. The van der Waals surface area contributed by atoms with Crippen molar-refractivity contribution in [3.05, 3.63) is 70.1 Å². The third-order valence-corrected chi connectivity index (χ3v) is 6.49. The number of halogens is 1. The maximum absolute atomic E-state index is 12.1. The highest BCUT2D eigenvalue weighted by atomic mass is 35.5. The van der Waals surface area contributed by atoms with Crippen LogP contribution in [0.15, 0.2) is 49.1 Å². The maximum Gasteiger partial charge on any atom is 0.262 e. The summed E-state index contributed by atoms with van der Waals surface area (Å²) in [6.07, 6.45) is 6.54. The molecule has 0 aliphatic carbocycles. The number of thiophene rings is 1. The molecule has 1 aromatic carbocycles. The molecule has 4 rings (SSSR count). The quantitative estimate of drug-likeness (QED) is 0.384. The maximum atomic E-state index is 12.1. The first-order valence-corrected chi connectivity index (χ1v) is 11.4. The first-order chi connectivity index (χ1) is 15.3. The lowest BCUT2D eigenvalue weighted by Crippen LogP contribution is -2.21. The minimum absolute atomic E-state index is 0.352. The lowest BCUT2D eigenvalue weighted by molar-refractivity contribution is 0.0998. The first kappa shape index (κ1) is 22.3. The molecule has 3 heterocycles. The summed E-state index contributed by atoms with van der Waals surface area (Å²) in [5.41, 5.74) is 9.12. The number of fused-ring (bicyclic) bond motifs is 1. The summed E-state index contributed by atoms with van der Waals surface area (Å²) >= 11 is 7.82. The van der Waals surface area contributed by atoms with Crippen molar-refractivity contribution >= 4 is 34.5 Å². The normalized spacial score (nSPS) is 12.4. The van der Waals surface area contributed by atoms with E-state index in [0.717, 1.165) is 28.2 Å². The van der Waals surface area contributed by atoms with Crippen molar-refractivity contribution in [1.29, 1.82) is 0 Å². The van der Waals surface area contributed by atoms with Crippen LogP contribution in [-0.2, 0) is 6.54 Å². The largest absolute Gasteiger partial charge is 0.484 e. The molecule has 166 valence electrons. The highest BCUT2D eigenvalue weighted by Crippen LogP contribution is 2.39. The van der Waals surface area contributed by atoms with Crippen LogP contribution in [-0.4, -0.2) is 26.3 Å². The minimum Gasteiger partial charge on any atom is -0.484 e. The van der Waals surface area contributed by atoms with Crippen molar-refractivity contribution < 1.29 is 9.53 Å². The Morgan fingerprint density at radius 1 is 1.28 bits per heavy atom. The molecule has 0 fully saturated rings. The number of hydrogen-bond acceptors (Lipinski definition) is 6. The van der Waals surface area contributed by atoms with Crippen molar-refractivity contribution in [2.75, 3.05) is 0 Å². The Hall–Kier alpha value is -2.94. The van der Waals surface area contributed by atoms with Crippen LogP contribution in [0.2, 0.25) is 5.02 Å². The number of rotatable bonds is 8. The molecule has 0 aliphatic rings. The number of nitrogens with two attached hydrogens (primary N) is 1. The van der Waals surface area contributed by atoms with Gasteiger partial charge in [-0.3, -0.25) is 14.2 Å². The van der Waals surface area contributed by atoms with E-state index in [9.17, 15) is 4.79 Å². The zero-order valence-electron chi connectivity index (χ0n) is 18.0. The number of primary amides is 1. The van der Waals surface area contributed by atoms with E-state index >= 15 is 0 Å². The van der Waals surface area contributed by atoms with Gasteiger partial charge in [-0.2, -0.15) is 0 Å². The second-order valence-electron chi connectivity index (χ2n) is 7.77. The average molecular weight is 470 g/mol. The Balaban J connectivity index is 1.61. The Kier molecular flexibility index (Phi) is 6.45. The van der Waals surface area contributed by atoms with Crippen LogP contribution in [0, 0.1) is 0 Å². The van der Waals surface area contributed by atoms with Crippen LogP contribution < -0.4 is 15.8 Å². The van der Waals surface area contributed by atoms with Gasteiger partial charge in [0.05, 0.1) is 23.0 Å². The Morgan fingerprint density at radius 3 is 2.81 bits per heavy atom. The van der Waals surface area contributed by atoms with Gasteiger partial charge >= 0.3 is 0 Å². The zero-order chi connectivity index (χ0) is 22.8. The fourth-order valence-electron chi connectivity index (χ4n) is 3.37. The summed E-state index contributed by atoms with van der Waals surface area (Å²) < 4.78 is 8.07. The number of ether oxygens (including phenoxy) is 1. The number of carbonyl (C=O) groups is 1. The molecule has 1 amide bonds. The van der Waals surface area contributed by atoms with Gasteiger partial charge < -0.3 is 15.8 Å². The second-order valence-corrected chi connectivity index (χ2v) is 9.23. The van der Waals surface area contributed by atoms with Crippen molar-refractivity contribution in [3.8, 4) is 16.3 Å². The number of benzene rings is 1. The van der Waals surface area contributed by atoms with Crippen LogP contribution in [0.1, 0.15) is 47.7 Å². The van der Waals surface area contributed by atoms with E-state index in [0.29, 0.717) is 27.3 Å². The number of carbonyl (C=O) groups excluding carboxylic acids is 1. The van der Waals surface area contributed by atoms with Crippen LogP contribution >= 0.6 is 22.9 Å². The standard InChI is InChI=1S/C23H24ClN5O2S/c1-13(2)27-10-15-4-5-16(17(24)8-15)14(3)31-19-9-20(32-22(19)23(25)30)18-11-28-21-12-26-6-7-29(18)21/h4-9,11-14,27H,10H2,1-3H3,(H2,25,30)/t14-/m1/s1. The lowest BCUT2D eigenvalue weighted by Gasteiger charge is -2.17. The Morgan fingerprint density at radius 2 is 2.09 bits per heavy atom. The smallest absolute Gasteiger partial charge is 0.262 e. The highest BCUT2D eigenvalue weighted by molar-refractivity contribution is 7.17. The third-order valence-electron chi connectivity index (χ3n) is 5.01. The molecule has 0 radical (unpaired) electrons. The summed E-state index contributed by atoms with van der Waals surface area (Å²) in [4.78, 5) is 21.7. The fraction of sp³-hybridized carbons (Fsp3) is 0.261. The molecule has 1 atom stereocenters. The molecule has 0 aliphatic heterocycles. The SMILES string of the molecule is CC(C)NCc1ccc([C@@H](C)Oc2cc(-c3cnc4cnccn34)sc2C(N)=O)c(Cl)c1. The van der Waals surface area contributed by atoms with Crippen LogP contribution in [0.3, 0.4) is 0 Å². The van der Waals surface area contributed by atoms with Gasteiger partial charge in [-0.15, -0.1) is 11.3 Å². The van der Waals surface area contributed by atoms with E-state index < -0.39 is 5.91 Å². The predicted octanol–water partition coefficient (Wildman–Crippen LogP) is 4.85. The number of imidazole rings is 1. The molecule has 0 spiro atoms. The van der Waals surface area contributed by atoms with Crippen molar-refractivity contribution in [1.82, 2.24) is 19.7 Å². The summed E-state index contributed by atoms with van der Waals surface area (Å²) in [6.45, 7) is 6.83. The van der Waals surface area contributed by atoms with E-state index in [2.05, 4.69) is 29.1 Å². The average Bonchev–Trinajstić information content (AvgIpc) is 3.36. The topological polar surface area (TPSA) is 94.5 Å². The Bertz CT molecular complexity index is 1270. The van der Waals surface area contributed by atoms with Gasteiger partial charge in [0, 0.05) is 41.6 Å². The van der Waals surface area contributed by atoms with E-state index in [1.54, 1.807) is 18.6 Å².